The van der Waals surface area contributed by atoms with Crippen molar-refractivity contribution >= 4 is 33.5 Å². The lowest BCUT2D eigenvalue weighted by Gasteiger charge is -2.17. The van der Waals surface area contributed by atoms with Crippen LogP contribution in [0.25, 0.3) is 55.8 Å². The van der Waals surface area contributed by atoms with E-state index in [9.17, 15) is 9.18 Å². The van der Waals surface area contributed by atoms with Crippen LogP contribution in [0.3, 0.4) is 0 Å². The van der Waals surface area contributed by atoms with E-state index >= 15 is 0 Å². The molecular weight excluding hydrogens is 585 g/mol. The van der Waals surface area contributed by atoms with E-state index in [4.69, 9.17) is 9.72 Å². The van der Waals surface area contributed by atoms with Crippen LogP contribution in [0.4, 0.5) is 10.1 Å². The zero-order valence-electron chi connectivity index (χ0n) is 25.9. The van der Waals surface area contributed by atoms with Crippen LogP contribution in [0.2, 0.25) is 0 Å². The molecule has 46 heavy (non-hydrogen) atoms. The Labute approximate surface area is 264 Å². The molecule has 1 saturated heterocycles. The summed E-state index contributed by atoms with van der Waals surface area (Å²) in [5, 5.41) is 11.3. The number of aromatic amines is 2. The Balaban J connectivity index is 1.19. The number of carbonyl (C=O) groups is 1. The molecule has 1 amide bonds. The average molecular weight is 620 g/mol. The summed E-state index contributed by atoms with van der Waals surface area (Å²) in [5.41, 5.74) is 5.37. The summed E-state index contributed by atoms with van der Waals surface area (Å²) in [4.78, 5) is 36.4. The minimum atomic E-state index is -0.543. The maximum Gasteiger partial charge on any atom is 0.229 e. The van der Waals surface area contributed by atoms with Gasteiger partial charge in [-0.05, 0) is 55.8 Å². The number of hydrogen-bond donors (Lipinski definition) is 3. The first-order chi connectivity index (χ1) is 22.2. The normalized spacial score (nSPS) is 13.9. The number of anilines is 1. The van der Waals surface area contributed by atoms with Crippen LogP contribution in [0.5, 0.6) is 5.75 Å². The number of ether oxygens (including phenoxy) is 1. The number of likely N-dealkylation sites (tertiary alicyclic amines) is 1. The van der Waals surface area contributed by atoms with Crippen LogP contribution in [0, 0.1) is 11.2 Å². The number of fused-ring (bicyclic) bond motifs is 2. The second kappa shape index (κ2) is 11.9. The molecule has 7 rings (SSSR count). The third-order valence-electron chi connectivity index (χ3n) is 8.10. The number of hydrogen-bond acceptors (Lipinski definition) is 8. The summed E-state index contributed by atoms with van der Waals surface area (Å²) in [6, 6.07) is 8.44. The lowest BCUT2D eigenvalue weighted by Crippen LogP contribution is -2.27. The summed E-state index contributed by atoms with van der Waals surface area (Å²) in [5.74, 6) is 0.494. The van der Waals surface area contributed by atoms with Gasteiger partial charge in [-0.25, -0.2) is 9.37 Å². The van der Waals surface area contributed by atoms with Crippen LogP contribution in [-0.2, 0) is 4.79 Å². The first-order valence-electron chi connectivity index (χ1n) is 15.3. The molecule has 0 aliphatic carbocycles. The van der Waals surface area contributed by atoms with Crippen molar-refractivity contribution in [1.82, 2.24) is 40.0 Å². The molecule has 0 saturated carbocycles. The molecule has 1 aliphatic heterocycles. The van der Waals surface area contributed by atoms with Gasteiger partial charge in [-0.3, -0.25) is 29.7 Å². The molecule has 6 heterocycles. The molecule has 5 aromatic heterocycles. The summed E-state index contributed by atoms with van der Waals surface area (Å²) >= 11 is 0. The van der Waals surface area contributed by atoms with E-state index < -0.39 is 11.2 Å². The van der Waals surface area contributed by atoms with Crippen molar-refractivity contribution in [3.8, 4) is 39.7 Å². The van der Waals surface area contributed by atoms with E-state index in [-0.39, 0.29) is 5.91 Å². The summed E-state index contributed by atoms with van der Waals surface area (Å²) in [7, 11) is 0. The fourth-order valence-corrected chi connectivity index (χ4v) is 5.58. The highest BCUT2D eigenvalue weighted by atomic mass is 19.1. The van der Waals surface area contributed by atoms with Crippen molar-refractivity contribution < 1.29 is 13.9 Å². The molecule has 1 fully saturated rings. The number of rotatable bonds is 8. The van der Waals surface area contributed by atoms with Crippen LogP contribution >= 0.6 is 0 Å². The third kappa shape index (κ3) is 6.03. The number of pyridine rings is 3. The molecule has 0 unspecified atom stereocenters. The Morgan fingerprint density at radius 2 is 1.80 bits per heavy atom. The zero-order valence-corrected chi connectivity index (χ0v) is 25.9. The number of nitrogens with one attached hydrogen (secondary N) is 3. The number of halogens is 1. The number of nitrogens with zero attached hydrogens (tertiary/aromatic N) is 6. The van der Waals surface area contributed by atoms with Gasteiger partial charge in [0, 0.05) is 46.9 Å². The second-order valence-electron chi connectivity index (χ2n) is 12.6. The number of imidazole rings is 1. The molecule has 234 valence electrons. The largest absolute Gasteiger partial charge is 0.492 e. The molecule has 1 aromatic carbocycles. The predicted molar refractivity (Wildman–Crippen MR) is 175 cm³/mol. The first-order valence-corrected chi connectivity index (χ1v) is 15.3. The Hall–Kier alpha value is -5.23. The highest BCUT2D eigenvalue weighted by molar-refractivity contribution is 5.98. The van der Waals surface area contributed by atoms with Gasteiger partial charge in [0.1, 0.15) is 23.9 Å². The van der Waals surface area contributed by atoms with Crippen LogP contribution in [-0.4, -0.2) is 72.2 Å². The van der Waals surface area contributed by atoms with Crippen molar-refractivity contribution in [3.63, 3.8) is 0 Å². The molecule has 0 radical (unpaired) electrons. The van der Waals surface area contributed by atoms with Crippen LogP contribution in [0.1, 0.15) is 33.6 Å². The van der Waals surface area contributed by atoms with Crippen molar-refractivity contribution in [1.29, 1.82) is 0 Å². The molecule has 0 bridgehead atoms. The minimum Gasteiger partial charge on any atom is -0.492 e. The Kier molecular flexibility index (Phi) is 7.65. The lowest BCUT2D eigenvalue weighted by molar-refractivity contribution is -0.123. The maximum atomic E-state index is 14.8. The van der Waals surface area contributed by atoms with Gasteiger partial charge in [0.15, 0.2) is 5.82 Å². The Bertz CT molecular complexity index is 2060. The monoisotopic (exact) mass is 619 g/mol. The zero-order chi connectivity index (χ0) is 31.8. The second-order valence-corrected chi connectivity index (χ2v) is 12.6. The van der Waals surface area contributed by atoms with Crippen LogP contribution < -0.4 is 10.1 Å². The fraction of sp³-hybridized carbons (Fsp3) is 0.294. The fourth-order valence-electron chi connectivity index (χ4n) is 5.58. The van der Waals surface area contributed by atoms with Gasteiger partial charge < -0.3 is 15.0 Å². The van der Waals surface area contributed by atoms with Crippen molar-refractivity contribution in [3.05, 3.63) is 67.1 Å². The molecule has 1 aliphatic rings. The molecular formula is C34H34FN9O2. The van der Waals surface area contributed by atoms with Gasteiger partial charge in [-0.15, -0.1) is 0 Å². The van der Waals surface area contributed by atoms with Crippen molar-refractivity contribution in [2.75, 3.05) is 31.6 Å². The van der Waals surface area contributed by atoms with Crippen molar-refractivity contribution in [2.24, 2.45) is 5.41 Å². The minimum absolute atomic E-state index is 0.106. The van der Waals surface area contributed by atoms with Gasteiger partial charge >= 0.3 is 0 Å². The standard InChI is InChI=1S/C34H34FN9O2/c1-34(2,3)33(45)39-23-11-21(15-36-16-23)27-14-25-28(19-38-27)42-43-31(25)32-40-29-18-37-17-26(30(29)41-32)20-10-22(35)13-24(12-20)46-9-8-44-6-4-5-7-44/h10-19H,4-9H2,1-3H3,(H,39,45)(H,40,41)(H,42,43). The van der Waals surface area contributed by atoms with E-state index in [0.29, 0.717) is 57.4 Å². The smallest absolute Gasteiger partial charge is 0.229 e. The third-order valence-corrected chi connectivity index (χ3v) is 8.10. The van der Waals surface area contributed by atoms with Crippen LogP contribution in [0.15, 0.2) is 61.3 Å². The van der Waals surface area contributed by atoms with Crippen molar-refractivity contribution in [2.45, 2.75) is 33.6 Å². The van der Waals surface area contributed by atoms with E-state index in [2.05, 4.69) is 40.3 Å². The Morgan fingerprint density at radius 1 is 0.978 bits per heavy atom. The SMILES string of the molecule is CC(C)(C)C(=O)Nc1cncc(-c2cc3c(-c4nc5c(-c6cc(F)cc(OCCN7CCCC7)c6)cncc5[nH]4)n[nH]c3cn2)c1. The number of H-pyrrole nitrogens is 2. The number of carbonyl (C=O) groups excluding carboxylic acids is 1. The van der Waals surface area contributed by atoms with Gasteiger partial charge in [-0.1, -0.05) is 20.8 Å². The van der Waals surface area contributed by atoms with Gasteiger partial charge in [0.05, 0.1) is 46.5 Å². The molecule has 0 atom stereocenters. The highest BCUT2D eigenvalue weighted by Gasteiger charge is 2.22. The van der Waals surface area contributed by atoms with Gasteiger partial charge in [0.25, 0.3) is 0 Å². The van der Waals surface area contributed by atoms with Gasteiger partial charge in [0.2, 0.25) is 5.91 Å². The average Bonchev–Trinajstić information content (AvgIpc) is 3.80. The quantitative estimate of drug-likeness (QED) is 0.183. The summed E-state index contributed by atoms with van der Waals surface area (Å²) in [6.45, 7) is 9.04. The summed E-state index contributed by atoms with van der Waals surface area (Å²) in [6.07, 6.45) is 10.8. The maximum absolute atomic E-state index is 14.8. The molecule has 0 spiro atoms. The molecule has 12 heteroatoms. The number of benzene rings is 1. The Morgan fingerprint density at radius 3 is 2.63 bits per heavy atom. The van der Waals surface area contributed by atoms with E-state index in [0.717, 1.165) is 36.1 Å². The van der Waals surface area contributed by atoms with E-state index in [1.165, 1.54) is 25.0 Å². The lowest BCUT2D eigenvalue weighted by atomic mass is 9.95. The first kappa shape index (κ1) is 29.5. The van der Waals surface area contributed by atoms with E-state index in [1.54, 1.807) is 31.0 Å². The summed E-state index contributed by atoms with van der Waals surface area (Å²) < 4.78 is 20.7. The molecule has 11 nitrogen and oxygen atoms in total. The topological polar surface area (TPSA) is 138 Å². The number of amides is 1. The van der Waals surface area contributed by atoms with E-state index in [1.807, 2.05) is 39.0 Å². The van der Waals surface area contributed by atoms with Gasteiger partial charge in [-0.2, -0.15) is 5.10 Å². The molecule has 3 N–H and O–H groups in total. The predicted octanol–water partition coefficient (Wildman–Crippen LogP) is 6.22. The molecule has 6 aromatic rings. The number of aromatic nitrogens is 7. The highest BCUT2D eigenvalue weighted by Crippen LogP contribution is 2.34.